The van der Waals surface area contributed by atoms with Gasteiger partial charge in [0.2, 0.25) is 0 Å². The molecule has 0 fully saturated rings. The molecular formula is C11H11NO2S. The van der Waals surface area contributed by atoms with Crippen LogP contribution in [0.4, 0.5) is 5.69 Å². The van der Waals surface area contributed by atoms with Crippen LogP contribution in [0.25, 0.3) is 0 Å². The molecule has 1 aromatic rings. The molecule has 0 aromatic heterocycles. The first-order valence-corrected chi connectivity index (χ1v) is 5.01. The lowest BCUT2D eigenvalue weighted by atomic mass is 10.1. The normalized spacial score (nSPS) is 9.13. The fourth-order valence-electron chi connectivity index (χ4n) is 1.09. The van der Waals surface area contributed by atoms with Gasteiger partial charge in [-0.1, -0.05) is 17.9 Å². The van der Waals surface area contributed by atoms with Crippen LogP contribution >= 0.6 is 12.6 Å². The number of hydrogen-bond acceptors (Lipinski definition) is 3. The molecule has 0 radical (unpaired) electrons. The summed E-state index contributed by atoms with van der Waals surface area (Å²) in [6.45, 7) is 0. The Balaban J connectivity index is 3.15. The maximum Gasteiger partial charge on any atom is 0.337 e. The number of rotatable bonds is 2. The van der Waals surface area contributed by atoms with E-state index < -0.39 is 5.97 Å². The smallest absolute Gasteiger partial charge is 0.337 e. The molecule has 0 amide bonds. The molecule has 78 valence electrons. The summed E-state index contributed by atoms with van der Waals surface area (Å²) in [5.41, 5.74) is 6.57. The lowest BCUT2D eigenvalue weighted by Gasteiger charge is -2.01. The average Bonchev–Trinajstić information content (AvgIpc) is 2.20. The van der Waals surface area contributed by atoms with E-state index in [9.17, 15) is 4.79 Å². The summed E-state index contributed by atoms with van der Waals surface area (Å²) in [4.78, 5) is 10.9. The largest absolute Gasteiger partial charge is 0.478 e. The predicted molar refractivity (Wildman–Crippen MR) is 63.2 cm³/mol. The number of carboxylic acids is 1. The summed E-state index contributed by atoms with van der Waals surface area (Å²) in [7, 11) is 0. The Kier molecular flexibility index (Phi) is 4.07. The summed E-state index contributed by atoms with van der Waals surface area (Å²) in [6, 6.07) is 4.73. The third-order valence-corrected chi connectivity index (χ3v) is 2.00. The van der Waals surface area contributed by atoms with Crippen molar-refractivity contribution < 1.29 is 9.90 Å². The van der Waals surface area contributed by atoms with Gasteiger partial charge in [0.1, 0.15) is 0 Å². The molecule has 0 aliphatic heterocycles. The van der Waals surface area contributed by atoms with Gasteiger partial charge in [0.05, 0.1) is 11.1 Å². The molecule has 4 heteroatoms. The molecule has 0 spiro atoms. The molecule has 0 heterocycles. The van der Waals surface area contributed by atoms with Gasteiger partial charge >= 0.3 is 5.97 Å². The molecule has 0 saturated carbocycles. The second-order valence-corrected chi connectivity index (χ2v) is 3.30. The molecule has 0 aliphatic carbocycles. The Labute approximate surface area is 93.7 Å². The van der Waals surface area contributed by atoms with Gasteiger partial charge in [-0.05, 0) is 12.1 Å². The van der Waals surface area contributed by atoms with Crippen LogP contribution in [0.3, 0.4) is 0 Å². The zero-order chi connectivity index (χ0) is 11.3. The fourth-order valence-corrected chi connectivity index (χ4v) is 1.21. The Morgan fingerprint density at radius 3 is 2.87 bits per heavy atom. The van der Waals surface area contributed by atoms with Gasteiger partial charge < -0.3 is 10.8 Å². The van der Waals surface area contributed by atoms with Crippen molar-refractivity contribution >= 4 is 24.3 Å². The van der Waals surface area contributed by atoms with Gasteiger partial charge in [0, 0.05) is 17.9 Å². The Morgan fingerprint density at radius 1 is 1.53 bits per heavy atom. The maximum atomic E-state index is 10.9. The maximum absolute atomic E-state index is 10.9. The Morgan fingerprint density at radius 2 is 2.27 bits per heavy atom. The van der Waals surface area contributed by atoms with Crippen LogP contribution in [0.2, 0.25) is 0 Å². The van der Waals surface area contributed by atoms with Crippen molar-refractivity contribution in [1.82, 2.24) is 0 Å². The highest BCUT2D eigenvalue weighted by Gasteiger charge is 2.09. The minimum Gasteiger partial charge on any atom is -0.478 e. The van der Waals surface area contributed by atoms with Gasteiger partial charge in [-0.3, -0.25) is 0 Å². The van der Waals surface area contributed by atoms with Crippen molar-refractivity contribution in [3.8, 4) is 11.8 Å². The third kappa shape index (κ3) is 2.93. The minimum absolute atomic E-state index is 0.140. The first-order chi connectivity index (χ1) is 7.16. The number of aromatic carboxylic acids is 1. The summed E-state index contributed by atoms with van der Waals surface area (Å²) in [6.07, 6.45) is 0.608. The van der Waals surface area contributed by atoms with Crippen LogP contribution in [0.15, 0.2) is 18.2 Å². The molecule has 0 aliphatic rings. The molecule has 0 atom stereocenters. The quantitative estimate of drug-likeness (QED) is 0.404. The number of nitrogens with two attached hydrogens (primary N) is 1. The number of nitrogen functional groups attached to an aromatic ring is 1. The molecule has 1 aromatic carbocycles. The fraction of sp³-hybridized carbons (Fsp3) is 0.182. The van der Waals surface area contributed by atoms with E-state index in [1.54, 1.807) is 12.1 Å². The number of anilines is 1. The zero-order valence-electron chi connectivity index (χ0n) is 8.03. The third-order valence-electron chi connectivity index (χ3n) is 1.78. The number of benzene rings is 1. The monoisotopic (exact) mass is 221 g/mol. The number of carbonyl (C=O) groups is 1. The SMILES string of the molecule is Nc1cccc(C(=O)O)c1C#CCCS. The molecule has 1 rings (SSSR count). The lowest BCUT2D eigenvalue weighted by molar-refractivity contribution is 0.0696. The van der Waals surface area contributed by atoms with E-state index in [-0.39, 0.29) is 5.56 Å². The average molecular weight is 221 g/mol. The van der Waals surface area contributed by atoms with Gasteiger partial charge in [-0.15, -0.1) is 0 Å². The molecule has 3 nitrogen and oxygen atoms in total. The lowest BCUT2D eigenvalue weighted by Crippen LogP contribution is -2.03. The van der Waals surface area contributed by atoms with E-state index in [0.717, 1.165) is 0 Å². The van der Waals surface area contributed by atoms with E-state index >= 15 is 0 Å². The summed E-state index contributed by atoms with van der Waals surface area (Å²) >= 11 is 4.01. The topological polar surface area (TPSA) is 63.3 Å². The Bertz CT molecular complexity index is 432. The van der Waals surface area contributed by atoms with Crippen LogP contribution < -0.4 is 5.73 Å². The zero-order valence-corrected chi connectivity index (χ0v) is 8.92. The second kappa shape index (κ2) is 5.32. The highest BCUT2D eigenvalue weighted by molar-refractivity contribution is 7.80. The van der Waals surface area contributed by atoms with Crippen LogP contribution in [0, 0.1) is 11.8 Å². The van der Waals surface area contributed by atoms with Crippen LogP contribution in [-0.2, 0) is 0 Å². The molecule has 0 saturated heterocycles. The van der Waals surface area contributed by atoms with Gasteiger partial charge in [-0.25, -0.2) is 4.79 Å². The number of thiol groups is 1. The first kappa shape index (κ1) is 11.5. The van der Waals surface area contributed by atoms with E-state index in [2.05, 4.69) is 24.5 Å². The van der Waals surface area contributed by atoms with E-state index in [1.165, 1.54) is 6.07 Å². The second-order valence-electron chi connectivity index (χ2n) is 2.85. The minimum atomic E-state index is -1.02. The molecule has 0 unspecified atom stereocenters. The van der Waals surface area contributed by atoms with E-state index in [0.29, 0.717) is 23.4 Å². The van der Waals surface area contributed by atoms with Crippen molar-refractivity contribution in [1.29, 1.82) is 0 Å². The van der Waals surface area contributed by atoms with Crippen LogP contribution in [-0.4, -0.2) is 16.8 Å². The van der Waals surface area contributed by atoms with Crippen molar-refractivity contribution in [3.05, 3.63) is 29.3 Å². The van der Waals surface area contributed by atoms with Crippen molar-refractivity contribution in [2.24, 2.45) is 0 Å². The summed E-state index contributed by atoms with van der Waals surface area (Å²) in [5, 5.41) is 8.91. The Hall–Kier alpha value is -1.60. The van der Waals surface area contributed by atoms with Gasteiger partial charge in [0.15, 0.2) is 0 Å². The highest BCUT2D eigenvalue weighted by Crippen LogP contribution is 2.15. The highest BCUT2D eigenvalue weighted by atomic mass is 32.1. The van der Waals surface area contributed by atoms with Crippen LogP contribution in [0.5, 0.6) is 0 Å². The molecule has 3 N–H and O–H groups in total. The molecule has 15 heavy (non-hydrogen) atoms. The standard InChI is InChI=1S/C11H11NO2S/c12-10-6-3-5-9(11(13)14)8(10)4-1-2-7-15/h3,5-6,15H,2,7,12H2,(H,13,14). The van der Waals surface area contributed by atoms with Crippen LogP contribution in [0.1, 0.15) is 22.3 Å². The van der Waals surface area contributed by atoms with Crippen molar-refractivity contribution in [3.63, 3.8) is 0 Å². The van der Waals surface area contributed by atoms with E-state index in [1.807, 2.05) is 0 Å². The predicted octanol–water partition coefficient (Wildman–Crippen LogP) is 1.64. The molecular weight excluding hydrogens is 210 g/mol. The molecule has 0 bridgehead atoms. The number of hydrogen-bond donors (Lipinski definition) is 3. The summed E-state index contributed by atoms with van der Waals surface area (Å²) < 4.78 is 0. The summed E-state index contributed by atoms with van der Waals surface area (Å²) in [5.74, 6) is 5.20. The number of carboxylic acid groups (broad SMARTS) is 1. The van der Waals surface area contributed by atoms with E-state index in [4.69, 9.17) is 10.8 Å². The van der Waals surface area contributed by atoms with Crippen molar-refractivity contribution in [2.45, 2.75) is 6.42 Å². The van der Waals surface area contributed by atoms with Gasteiger partial charge in [-0.2, -0.15) is 12.6 Å². The van der Waals surface area contributed by atoms with Crippen molar-refractivity contribution in [2.75, 3.05) is 11.5 Å². The first-order valence-electron chi connectivity index (χ1n) is 4.38. The van der Waals surface area contributed by atoms with Gasteiger partial charge in [0.25, 0.3) is 0 Å².